The monoisotopic (exact) mass is 194 g/mol. The highest BCUT2D eigenvalue weighted by molar-refractivity contribution is 5.07. The molecule has 78 valence electrons. The molecule has 1 rings (SSSR count). The normalized spacial score (nSPS) is 10.8. The quantitative estimate of drug-likeness (QED) is 0.698. The van der Waals surface area contributed by atoms with Gasteiger partial charge in [0.15, 0.2) is 0 Å². The average molecular weight is 194 g/mol. The first-order chi connectivity index (χ1) is 6.79. The predicted octanol–water partition coefficient (Wildman–Crippen LogP) is 1.60. The molecule has 0 atom stereocenters. The van der Waals surface area contributed by atoms with Crippen LogP contribution in [0.5, 0.6) is 0 Å². The first-order valence-corrected chi connectivity index (χ1v) is 4.99. The number of hydrogen-bond donors (Lipinski definition) is 1. The van der Waals surface area contributed by atoms with Gasteiger partial charge in [-0.1, -0.05) is 13.8 Å². The van der Waals surface area contributed by atoms with Crippen LogP contribution in [0.2, 0.25) is 0 Å². The van der Waals surface area contributed by atoms with Gasteiger partial charge in [0.25, 0.3) is 0 Å². The maximum Gasteiger partial charge on any atom is 0.0718 e. The largest absolute Gasteiger partial charge is 0.375 e. The molecule has 3 heteroatoms. The van der Waals surface area contributed by atoms with Crippen LogP contribution < -0.4 is 5.32 Å². The Morgan fingerprint density at radius 3 is 2.71 bits per heavy atom. The van der Waals surface area contributed by atoms with Gasteiger partial charge in [-0.3, -0.25) is 4.98 Å². The number of rotatable bonds is 6. The molecule has 3 nitrogen and oxygen atoms in total. The van der Waals surface area contributed by atoms with Gasteiger partial charge in [-0.05, 0) is 17.7 Å². The van der Waals surface area contributed by atoms with E-state index in [-0.39, 0.29) is 0 Å². The molecule has 1 aromatic heterocycles. The summed E-state index contributed by atoms with van der Waals surface area (Å²) in [5.74, 6) is 0. The van der Waals surface area contributed by atoms with Crippen LogP contribution in [-0.4, -0.2) is 24.2 Å². The molecule has 14 heavy (non-hydrogen) atoms. The minimum Gasteiger partial charge on any atom is -0.375 e. The van der Waals surface area contributed by atoms with Crippen LogP contribution in [-0.2, 0) is 11.3 Å². The van der Waals surface area contributed by atoms with Crippen molar-refractivity contribution in [3.05, 3.63) is 30.1 Å². The SMILES string of the molecule is CC(C)NCCOCc1ccncc1. The summed E-state index contributed by atoms with van der Waals surface area (Å²) in [5, 5.41) is 3.29. The van der Waals surface area contributed by atoms with Gasteiger partial charge >= 0.3 is 0 Å². The molecule has 1 aromatic rings. The lowest BCUT2D eigenvalue weighted by molar-refractivity contribution is 0.121. The van der Waals surface area contributed by atoms with Gasteiger partial charge in [0.1, 0.15) is 0 Å². The molecule has 1 heterocycles. The molecule has 0 spiro atoms. The zero-order valence-corrected chi connectivity index (χ0v) is 8.86. The standard InChI is InChI=1S/C11H18N2O/c1-10(2)13-7-8-14-9-11-3-5-12-6-4-11/h3-6,10,13H,7-9H2,1-2H3. The third-order valence-electron chi connectivity index (χ3n) is 1.82. The summed E-state index contributed by atoms with van der Waals surface area (Å²) in [6, 6.07) is 4.46. The number of nitrogens with one attached hydrogen (secondary N) is 1. The summed E-state index contributed by atoms with van der Waals surface area (Å²) in [6.45, 7) is 6.58. The fourth-order valence-corrected chi connectivity index (χ4v) is 1.09. The number of aromatic nitrogens is 1. The minimum atomic E-state index is 0.527. The molecule has 1 N–H and O–H groups in total. The Balaban J connectivity index is 2.05. The highest BCUT2D eigenvalue weighted by Gasteiger charge is 1.93. The van der Waals surface area contributed by atoms with Crippen molar-refractivity contribution >= 4 is 0 Å². The molecular formula is C11H18N2O. The molecule has 0 radical (unpaired) electrons. The first-order valence-electron chi connectivity index (χ1n) is 4.99. The Bertz CT molecular complexity index is 236. The van der Waals surface area contributed by atoms with Gasteiger partial charge < -0.3 is 10.1 Å². The van der Waals surface area contributed by atoms with E-state index < -0.39 is 0 Å². The van der Waals surface area contributed by atoms with Crippen LogP contribution in [0.3, 0.4) is 0 Å². The molecule has 0 amide bonds. The van der Waals surface area contributed by atoms with E-state index in [1.165, 1.54) is 5.56 Å². The highest BCUT2D eigenvalue weighted by Crippen LogP contribution is 1.97. The molecule has 0 bridgehead atoms. The maximum atomic E-state index is 5.48. The second-order valence-corrected chi connectivity index (χ2v) is 3.52. The van der Waals surface area contributed by atoms with E-state index in [4.69, 9.17) is 4.74 Å². The summed E-state index contributed by atoms with van der Waals surface area (Å²) in [5.41, 5.74) is 1.17. The third kappa shape index (κ3) is 4.94. The van der Waals surface area contributed by atoms with Crippen LogP contribution in [0.15, 0.2) is 24.5 Å². The topological polar surface area (TPSA) is 34.1 Å². The number of ether oxygens (including phenoxy) is 1. The van der Waals surface area contributed by atoms with Gasteiger partial charge in [-0.2, -0.15) is 0 Å². The molecular weight excluding hydrogens is 176 g/mol. The smallest absolute Gasteiger partial charge is 0.0718 e. The zero-order chi connectivity index (χ0) is 10.2. The molecule has 0 unspecified atom stereocenters. The molecule has 0 aliphatic heterocycles. The van der Waals surface area contributed by atoms with Crippen molar-refractivity contribution in [2.24, 2.45) is 0 Å². The van der Waals surface area contributed by atoms with E-state index in [1.807, 2.05) is 12.1 Å². The Kier molecular flexibility index (Phi) is 5.19. The Morgan fingerprint density at radius 1 is 1.36 bits per heavy atom. The van der Waals surface area contributed by atoms with Gasteiger partial charge in [-0.25, -0.2) is 0 Å². The van der Waals surface area contributed by atoms with E-state index in [0.29, 0.717) is 12.6 Å². The second kappa shape index (κ2) is 6.51. The lowest BCUT2D eigenvalue weighted by Crippen LogP contribution is -2.26. The molecule has 0 aromatic carbocycles. The maximum absolute atomic E-state index is 5.48. The van der Waals surface area contributed by atoms with E-state index >= 15 is 0 Å². The molecule has 0 aliphatic carbocycles. The Hall–Kier alpha value is -0.930. The van der Waals surface area contributed by atoms with E-state index in [0.717, 1.165) is 13.2 Å². The van der Waals surface area contributed by atoms with Crippen molar-refractivity contribution < 1.29 is 4.74 Å². The predicted molar refractivity (Wildman–Crippen MR) is 57.0 cm³/mol. The van der Waals surface area contributed by atoms with E-state index in [9.17, 15) is 0 Å². The Labute approximate surface area is 85.5 Å². The van der Waals surface area contributed by atoms with Crippen LogP contribution >= 0.6 is 0 Å². The third-order valence-corrected chi connectivity index (χ3v) is 1.82. The van der Waals surface area contributed by atoms with Crippen molar-refractivity contribution in [2.45, 2.75) is 26.5 Å². The fraction of sp³-hybridized carbons (Fsp3) is 0.545. The minimum absolute atomic E-state index is 0.527. The molecule has 0 fully saturated rings. The van der Waals surface area contributed by atoms with Gasteiger partial charge in [-0.15, -0.1) is 0 Å². The summed E-state index contributed by atoms with van der Waals surface area (Å²) < 4.78 is 5.48. The lowest BCUT2D eigenvalue weighted by Gasteiger charge is -2.08. The number of pyridine rings is 1. The summed E-state index contributed by atoms with van der Waals surface area (Å²) in [6.07, 6.45) is 3.57. The van der Waals surface area contributed by atoms with E-state index in [1.54, 1.807) is 12.4 Å². The van der Waals surface area contributed by atoms with Crippen LogP contribution in [0.4, 0.5) is 0 Å². The van der Waals surface area contributed by atoms with Gasteiger partial charge in [0.05, 0.1) is 13.2 Å². The Morgan fingerprint density at radius 2 is 2.07 bits per heavy atom. The van der Waals surface area contributed by atoms with Crippen LogP contribution in [0.25, 0.3) is 0 Å². The molecule has 0 saturated carbocycles. The average Bonchev–Trinajstić information content (AvgIpc) is 2.18. The molecule has 0 saturated heterocycles. The number of nitrogens with zero attached hydrogens (tertiary/aromatic N) is 1. The van der Waals surface area contributed by atoms with E-state index in [2.05, 4.69) is 24.1 Å². The van der Waals surface area contributed by atoms with Crippen molar-refractivity contribution in [3.8, 4) is 0 Å². The summed E-state index contributed by atoms with van der Waals surface area (Å²) in [7, 11) is 0. The van der Waals surface area contributed by atoms with Crippen molar-refractivity contribution in [2.75, 3.05) is 13.2 Å². The fourth-order valence-electron chi connectivity index (χ4n) is 1.09. The zero-order valence-electron chi connectivity index (χ0n) is 8.86. The molecule has 0 aliphatic rings. The van der Waals surface area contributed by atoms with Crippen molar-refractivity contribution in [1.29, 1.82) is 0 Å². The van der Waals surface area contributed by atoms with Crippen molar-refractivity contribution in [3.63, 3.8) is 0 Å². The van der Waals surface area contributed by atoms with Gasteiger partial charge in [0, 0.05) is 25.0 Å². The van der Waals surface area contributed by atoms with Crippen molar-refractivity contribution in [1.82, 2.24) is 10.3 Å². The lowest BCUT2D eigenvalue weighted by atomic mass is 10.3. The van der Waals surface area contributed by atoms with Crippen LogP contribution in [0.1, 0.15) is 19.4 Å². The summed E-state index contributed by atoms with van der Waals surface area (Å²) in [4.78, 5) is 3.95. The van der Waals surface area contributed by atoms with Crippen LogP contribution in [0, 0.1) is 0 Å². The summed E-state index contributed by atoms with van der Waals surface area (Å²) >= 11 is 0. The second-order valence-electron chi connectivity index (χ2n) is 3.52. The van der Waals surface area contributed by atoms with Gasteiger partial charge in [0.2, 0.25) is 0 Å². The number of hydrogen-bond acceptors (Lipinski definition) is 3. The highest BCUT2D eigenvalue weighted by atomic mass is 16.5. The first kappa shape index (κ1) is 11.1.